The maximum atomic E-state index is 15.2. The number of aromatic nitrogens is 1. The summed E-state index contributed by atoms with van der Waals surface area (Å²) in [6, 6.07) is 5.58. The topological polar surface area (TPSA) is 155 Å². The molecule has 0 radical (unpaired) electrons. The van der Waals surface area contributed by atoms with E-state index in [0.717, 1.165) is 31.4 Å². The fraction of sp³-hybridized carbons (Fsp3) is 0.686. The summed E-state index contributed by atoms with van der Waals surface area (Å²) in [5.41, 5.74) is -0.591. The molecule has 2 saturated carbocycles. The SMILES string of the molecule is CC[C@H]1OC(=O)/C(C)=C\[C@H](C)[C@@H](O[C@@H]2O[C@H](C)C[C@H](N(C)C)[C@H]2O)[C@](C)(OC)C[C@@H](C)C(=O)[C@H]2[C@H]3C2(SCCN(Cc2c(Cl)cncc2Cl)c2ccc(OC)c(OC4CCCC4)c2)C(=O)O[C@]13C. The van der Waals surface area contributed by atoms with Crippen LogP contribution in [-0.4, -0.2) is 132 Å². The lowest BCUT2D eigenvalue weighted by molar-refractivity contribution is -0.294. The van der Waals surface area contributed by atoms with Crippen molar-refractivity contribution in [2.75, 3.05) is 45.5 Å². The van der Waals surface area contributed by atoms with Crippen LogP contribution < -0.4 is 14.4 Å². The zero-order valence-corrected chi connectivity index (χ0v) is 43.7. The molecule has 2 aliphatic carbocycles. The van der Waals surface area contributed by atoms with Crippen molar-refractivity contribution >= 4 is 58.4 Å². The minimum absolute atomic E-state index is 0.0873. The van der Waals surface area contributed by atoms with E-state index in [-0.39, 0.29) is 30.5 Å². The van der Waals surface area contributed by atoms with Gasteiger partial charge in [-0.1, -0.05) is 50.0 Å². The number of aliphatic hydroxyl groups excluding tert-OH is 1. The van der Waals surface area contributed by atoms with Gasteiger partial charge in [0, 0.05) is 85.0 Å². The molecule has 0 amide bonds. The Balaban J connectivity index is 1.22. The number of Topliss-reactive ketones (excluding diaryl/α,β-unsaturated/α-hetero) is 1. The van der Waals surface area contributed by atoms with Gasteiger partial charge in [0.05, 0.1) is 47.0 Å². The summed E-state index contributed by atoms with van der Waals surface area (Å²) < 4.78 is 43.0. The Bertz CT molecular complexity index is 2180. The van der Waals surface area contributed by atoms with Gasteiger partial charge >= 0.3 is 11.9 Å². The number of carbonyl (C=O) groups excluding carboxylic acids is 3. The Morgan fingerprint density at radius 3 is 2.34 bits per heavy atom. The maximum Gasteiger partial charge on any atom is 0.333 e. The molecule has 1 unspecified atom stereocenters. The van der Waals surface area contributed by atoms with Crippen LogP contribution in [0.2, 0.25) is 10.0 Å². The van der Waals surface area contributed by atoms with E-state index in [0.29, 0.717) is 64.4 Å². The number of thioether (sulfide) groups is 1. The molecule has 4 heterocycles. The molecule has 14 nitrogen and oxygen atoms in total. The Morgan fingerprint density at radius 1 is 1.01 bits per heavy atom. The Morgan fingerprint density at radius 2 is 1.71 bits per heavy atom. The number of halogens is 2. The minimum atomic E-state index is -1.30. The predicted molar refractivity (Wildman–Crippen MR) is 262 cm³/mol. The van der Waals surface area contributed by atoms with E-state index >= 15 is 4.79 Å². The van der Waals surface area contributed by atoms with Crippen molar-refractivity contribution in [2.24, 2.45) is 23.7 Å². The molecule has 5 aliphatic rings. The van der Waals surface area contributed by atoms with Gasteiger partial charge in [0.25, 0.3) is 0 Å². The zero-order valence-electron chi connectivity index (χ0n) is 41.4. The van der Waals surface area contributed by atoms with Crippen molar-refractivity contribution in [3.8, 4) is 11.5 Å². The number of anilines is 1. The number of ether oxygens (including phenoxy) is 7. The van der Waals surface area contributed by atoms with Gasteiger partial charge in [-0.3, -0.25) is 14.6 Å². The van der Waals surface area contributed by atoms with Crippen molar-refractivity contribution in [3.63, 3.8) is 0 Å². The third kappa shape index (κ3) is 10.3. The molecular weight excluding hydrogens is 934 g/mol. The molecule has 3 aliphatic heterocycles. The summed E-state index contributed by atoms with van der Waals surface area (Å²) >= 11 is 14.8. The van der Waals surface area contributed by atoms with E-state index in [4.69, 9.17) is 56.4 Å². The van der Waals surface area contributed by atoms with Gasteiger partial charge in [0.1, 0.15) is 22.7 Å². The van der Waals surface area contributed by atoms with Crippen molar-refractivity contribution in [1.82, 2.24) is 9.88 Å². The highest BCUT2D eigenvalue weighted by Crippen LogP contribution is 2.72. The van der Waals surface area contributed by atoms with E-state index in [2.05, 4.69) is 9.88 Å². The summed E-state index contributed by atoms with van der Waals surface area (Å²) in [4.78, 5) is 52.3. The van der Waals surface area contributed by atoms with Crippen LogP contribution in [0, 0.1) is 23.7 Å². The second-order valence-corrected chi connectivity index (χ2v) is 22.4. The van der Waals surface area contributed by atoms with Crippen molar-refractivity contribution in [3.05, 3.63) is 57.9 Å². The fourth-order valence-electron chi connectivity index (χ4n) is 11.5. The lowest BCUT2D eigenvalue weighted by Crippen LogP contribution is -2.58. The monoisotopic (exact) mass is 1000 g/mol. The summed E-state index contributed by atoms with van der Waals surface area (Å²) in [5.74, 6) is -2.00. The standard InChI is InChI=1S/C51H71Cl2N3O11S/c1-12-40-50(7)44-41(42(57)30(4)24-49(6,62-11)45(28(2)21-29(3)46(59)65-40)66-47-43(58)37(55(8)9)22-31(5)63-47)51(44,48(60)67-50)68-20-19-56(27-34-35(52)25-54-26-36(34)53)32-17-18-38(61-10)39(23-32)64-33-15-13-14-16-33/h17-18,21,23,25-26,28,30-31,33,37,40-41,43-45,47,58H,12-16,19-20,22,24,27H2,1-11H3/b29-21-/t28-,30+,31+,37-,40+,41-,43+,44+,45+,47-,49+,50+,51?/m0/s1. The first-order valence-electron chi connectivity index (χ1n) is 24.1. The van der Waals surface area contributed by atoms with Gasteiger partial charge in [-0.2, -0.15) is 0 Å². The lowest BCUT2D eigenvalue weighted by Gasteiger charge is -2.46. The highest BCUT2D eigenvalue weighted by atomic mass is 35.5. The van der Waals surface area contributed by atoms with E-state index < -0.39 is 76.2 Å². The quantitative estimate of drug-likeness (QED) is 0.170. The number of esters is 2. The predicted octanol–water partition coefficient (Wildman–Crippen LogP) is 8.49. The van der Waals surface area contributed by atoms with E-state index in [1.807, 2.05) is 71.8 Å². The third-order valence-corrected chi connectivity index (χ3v) is 17.4. The third-order valence-electron chi connectivity index (χ3n) is 15.2. The molecular formula is C51H71Cl2N3O11S. The zero-order chi connectivity index (χ0) is 49.5. The number of ketones is 1. The van der Waals surface area contributed by atoms with Crippen LogP contribution in [0.4, 0.5) is 5.69 Å². The molecule has 4 fully saturated rings. The number of methoxy groups -OCH3 is 2. The number of carbonyl (C=O) groups is 3. The molecule has 7 rings (SSSR count). The maximum absolute atomic E-state index is 15.2. The molecule has 1 N–H and O–H groups in total. The van der Waals surface area contributed by atoms with E-state index in [1.165, 1.54) is 11.8 Å². The molecule has 376 valence electrons. The number of aliphatic hydroxyl groups is 1. The van der Waals surface area contributed by atoms with Gasteiger partial charge in [-0.05, 0) is 98.9 Å². The molecule has 2 saturated heterocycles. The summed E-state index contributed by atoms with van der Waals surface area (Å²) in [5, 5.41) is 12.4. The van der Waals surface area contributed by atoms with Gasteiger partial charge < -0.3 is 48.1 Å². The number of likely N-dealkylation sites (N-methyl/N-ethyl adjacent to an activating group) is 1. The number of hydrogen-bond donors (Lipinski definition) is 1. The van der Waals surface area contributed by atoms with Crippen LogP contribution >= 0.6 is 35.0 Å². The van der Waals surface area contributed by atoms with Gasteiger partial charge in [-0.25, -0.2) is 4.79 Å². The lowest BCUT2D eigenvalue weighted by atomic mass is 9.79. The number of fused-ring (bicyclic) bond motifs is 1. The highest BCUT2D eigenvalue weighted by molar-refractivity contribution is 8.01. The van der Waals surface area contributed by atoms with Crippen LogP contribution in [0.3, 0.4) is 0 Å². The summed E-state index contributed by atoms with van der Waals surface area (Å²) in [7, 11) is 7.02. The number of cyclic esters (lactones) is 1. The van der Waals surface area contributed by atoms with Crippen molar-refractivity contribution in [2.45, 2.75) is 159 Å². The van der Waals surface area contributed by atoms with Gasteiger partial charge in [0.15, 0.2) is 23.4 Å². The molecule has 0 spiro atoms. The van der Waals surface area contributed by atoms with E-state index in [1.54, 1.807) is 46.5 Å². The molecule has 2 aromatic rings. The van der Waals surface area contributed by atoms with Crippen LogP contribution in [-0.2, 0) is 44.6 Å². The van der Waals surface area contributed by atoms with Crippen LogP contribution in [0.25, 0.3) is 0 Å². The number of benzene rings is 1. The van der Waals surface area contributed by atoms with Gasteiger partial charge in [-0.15, -0.1) is 11.8 Å². The molecule has 1 aromatic carbocycles. The van der Waals surface area contributed by atoms with E-state index in [9.17, 15) is 14.7 Å². The molecule has 0 bridgehead atoms. The number of pyridine rings is 1. The Hall–Kier alpha value is -3.15. The number of hydrogen-bond acceptors (Lipinski definition) is 15. The minimum Gasteiger partial charge on any atom is -0.493 e. The normalized spacial score (nSPS) is 36.3. The Labute approximate surface area is 416 Å². The highest BCUT2D eigenvalue weighted by Gasteiger charge is 2.85. The molecule has 13 atom stereocenters. The second-order valence-electron chi connectivity index (χ2n) is 20.2. The van der Waals surface area contributed by atoms with Crippen LogP contribution in [0.5, 0.6) is 11.5 Å². The van der Waals surface area contributed by atoms with Crippen molar-refractivity contribution in [1.29, 1.82) is 0 Å². The smallest absolute Gasteiger partial charge is 0.333 e. The molecule has 1 aromatic heterocycles. The first-order valence-corrected chi connectivity index (χ1v) is 25.9. The van der Waals surface area contributed by atoms with Crippen LogP contribution in [0.15, 0.2) is 42.2 Å². The number of rotatable bonds is 15. The average Bonchev–Trinajstić information content (AvgIpc) is 3.58. The summed E-state index contributed by atoms with van der Waals surface area (Å²) in [6.45, 7) is 13.7. The fourth-order valence-corrected chi connectivity index (χ4v) is 13.7. The summed E-state index contributed by atoms with van der Waals surface area (Å²) in [6.07, 6.45) is 6.44. The van der Waals surface area contributed by atoms with Crippen molar-refractivity contribution < 1.29 is 52.6 Å². The number of nitrogens with zero attached hydrogens (tertiary/aromatic N) is 3. The molecule has 17 heteroatoms. The largest absolute Gasteiger partial charge is 0.493 e. The first kappa shape index (κ1) is 52.7. The molecule has 68 heavy (non-hydrogen) atoms. The Kier molecular flexibility index (Phi) is 16.5. The average molecular weight is 1010 g/mol. The van der Waals surface area contributed by atoms with Gasteiger partial charge in [0.2, 0.25) is 0 Å². The second kappa shape index (κ2) is 21.3. The first-order chi connectivity index (χ1) is 32.2. The van der Waals surface area contributed by atoms with Crippen LogP contribution in [0.1, 0.15) is 99.0 Å².